The fraction of sp³-hybridized carbons (Fsp3) is 0.600. The number of aliphatic hydroxyl groups is 1. The fourth-order valence-electron chi connectivity index (χ4n) is 2.58. The van der Waals surface area contributed by atoms with Crippen LogP contribution in [0.25, 0.3) is 0 Å². The van der Waals surface area contributed by atoms with Crippen molar-refractivity contribution in [3.05, 3.63) is 28.8 Å². The van der Waals surface area contributed by atoms with Gasteiger partial charge in [0.15, 0.2) is 0 Å². The lowest BCUT2D eigenvalue weighted by molar-refractivity contribution is 0.0580. The van der Waals surface area contributed by atoms with Crippen LogP contribution < -0.4 is 10.1 Å². The molecular formula is C15H22ClNO2. The zero-order valence-electron chi connectivity index (χ0n) is 11.5. The third-order valence-electron chi connectivity index (χ3n) is 3.64. The number of para-hydroxylation sites is 1. The summed E-state index contributed by atoms with van der Waals surface area (Å²) in [7, 11) is 0. The van der Waals surface area contributed by atoms with E-state index in [-0.39, 0.29) is 18.4 Å². The Morgan fingerprint density at radius 3 is 2.79 bits per heavy atom. The second-order valence-electron chi connectivity index (χ2n) is 5.27. The monoisotopic (exact) mass is 283 g/mol. The molecule has 0 saturated heterocycles. The van der Waals surface area contributed by atoms with E-state index in [2.05, 4.69) is 5.32 Å². The molecule has 1 aromatic rings. The summed E-state index contributed by atoms with van der Waals surface area (Å²) in [6, 6.07) is 5.83. The molecule has 0 spiro atoms. The molecule has 0 bridgehead atoms. The van der Waals surface area contributed by atoms with E-state index in [9.17, 15) is 5.11 Å². The molecule has 106 valence electrons. The van der Waals surface area contributed by atoms with Crippen LogP contribution in [0.15, 0.2) is 18.2 Å². The van der Waals surface area contributed by atoms with Gasteiger partial charge in [-0.3, -0.25) is 5.32 Å². The maximum atomic E-state index is 9.95. The van der Waals surface area contributed by atoms with Crippen LogP contribution in [0.5, 0.6) is 5.75 Å². The van der Waals surface area contributed by atoms with Crippen molar-refractivity contribution in [1.82, 2.24) is 5.32 Å². The highest BCUT2D eigenvalue weighted by Crippen LogP contribution is 2.29. The van der Waals surface area contributed by atoms with Gasteiger partial charge >= 0.3 is 0 Å². The van der Waals surface area contributed by atoms with E-state index in [4.69, 9.17) is 16.3 Å². The third kappa shape index (κ3) is 3.85. The number of aryl methyl sites for hydroxylation is 1. The number of hydrogen-bond acceptors (Lipinski definition) is 3. The first kappa shape index (κ1) is 14.6. The Bertz CT molecular complexity index is 404. The second kappa shape index (κ2) is 6.60. The van der Waals surface area contributed by atoms with Gasteiger partial charge in [-0.2, -0.15) is 0 Å². The second-order valence-corrected chi connectivity index (χ2v) is 5.68. The Balaban J connectivity index is 1.95. The smallest absolute Gasteiger partial charge is 0.147 e. The first-order valence-electron chi connectivity index (χ1n) is 6.94. The first-order chi connectivity index (χ1) is 9.08. The molecule has 1 aliphatic rings. The van der Waals surface area contributed by atoms with Crippen molar-refractivity contribution in [2.75, 3.05) is 0 Å². The summed E-state index contributed by atoms with van der Waals surface area (Å²) in [6.07, 6.45) is 3.69. The maximum Gasteiger partial charge on any atom is 0.147 e. The molecule has 1 saturated carbocycles. The average molecular weight is 284 g/mol. The molecule has 3 atom stereocenters. The summed E-state index contributed by atoms with van der Waals surface area (Å²) in [5, 5.41) is 13.9. The first-order valence-corrected chi connectivity index (χ1v) is 7.31. The minimum Gasteiger partial charge on any atom is -0.474 e. The average Bonchev–Trinajstić information content (AvgIpc) is 2.37. The molecule has 1 unspecified atom stereocenters. The van der Waals surface area contributed by atoms with Crippen LogP contribution in [-0.2, 0) is 0 Å². The molecule has 4 heteroatoms. The predicted octanol–water partition coefficient (Wildman–Crippen LogP) is 3.27. The fourth-order valence-corrected chi connectivity index (χ4v) is 2.85. The number of hydrogen-bond donors (Lipinski definition) is 2. The van der Waals surface area contributed by atoms with E-state index in [1.54, 1.807) is 0 Å². The third-order valence-corrected chi connectivity index (χ3v) is 3.93. The number of halogens is 1. The Hall–Kier alpha value is -0.770. The summed E-state index contributed by atoms with van der Waals surface area (Å²) in [4.78, 5) is 0. The number of aliphatic hydroxyl groups excluding tert-OH is 1. The molecular weight excluding hydrogens is 262 g/mol. The van der Waals surface area contributed by atoms with Crippen molar-refractivity contribution in [2.45, 2.75) is 57.9 Å². The number of ether oxygens (including phenoxy) is 1. The van der Waals surface area contributed by atoms with Crippen molar-refractivity contribution in [3.63, 3.8) is 0 Å². The summed E-state index contributed by atoms with van der Waals surface area (Å²) in [5.41, 5.74) is 1.02. The molecule has 1 fully saturated rings. The maximum absolute atomic E-state index is 9.95. The van der Waals surface area contributed by atoms with E-state index in [1.807, 2.05) is 32.0 Å². The van der Waals surface area contributed by atoms with Gasteiger partial charge in [-0.15, -0.1) is 0 Å². The van der Waals surface area contributed by atoms with E-state index in [0.717, 1.165) is 37.0 Å². The molecule has 2 rings (SSSR count). The summed E-state index contributed by atoms with van der Waals surface area (Å²) >= 11 is 6.14. The van der Waals surface area contributed by atoms with Gasteiger partial charge in [-0.25, -0.2) is 0 Å². The van der Waals surface area contributed by atoms with Gasteiger partial charge in [0.1, 0.15) is 12.0 Å². The summed E-state index contributed by atoms with van der Waals surface area (Å²) in [5.74, 6) is 0.717. The van der Waals surface area contributed by atoms with Crippen LogP contribution >= 0.6 is 11.6 Å². The lowest BCUT2D eigenvalue weighted by atomic mass is 9.92. The van der Waals surface area contributed by atoms with Gasteiger partial charge in [0.2, 0.25) is 0 Å². The zero-order valence-corrected chi connectivity index (χ0v) is 12.3. The molecule has 0 aliphatic heterocycles. The van der Waals surface area contributed by atoms with Crippen molar-refractivity contribution in [3.8, 4) is 5.75 Å². The Morgan fingerprint density at radius 1 is 1.37 bits per heavy atom. The quantitative estimate of drug-likeness (QED) is 0.834. The number of rotatable bonds is 4. The lowest BCUT2D eigenvalue weighted by Gasteiger charge is -2.31. The van der Waals surface area contributed by atoms with E-state index >= 15 is 0 Å². The normalized spacial score (nSPS) is 25.1. The SMILES string of the molecule is Cc1cccc(Cl)c1OC(C)N[C@H]1CCCC[C@@H]1O. The molecule has 0 aromatic heterocycles. The van der Waals surface area contributed by atoms with Crippen LogP contribution in [0.2, 0.25) is 5.02 Å². The van der Waals surface area contributed by atoms with E-state index in [0.29, 0.717) is 5.02 Å². The Labute approximate surface area is 119 Å². The number of benzene rings is 1. The van der Waals surface area contributed by atoms with Crippen molar-refractivity contribution >= 4 is 11.6 Å². The topological polar surface area (TPSA) is 41.5 Å². The molecule has 0 heterocycles. The van der Waals surface area contributed by atoms with Gasteiger partial charge in [0, 0.05) is 6.04 Å². The standard InChI is InChI=1S/C15H22ClNO2/c1-10-6-5-7-12(16)15(10)19-11(2)17-13-8-3-4-9-14(13)18/h5-7,11,13-14,17-18H,3-4,8-9H2,1-2H3/t11?,13-,14-/m0/s1. The van der Waals surface area contributed by atoms with Crippen LogP contribution in [0.1, 0.15) is 38.2 Å². The molecule has 1 aliphatic carbocycles. The largest absolute Gasteiger partial charge is 0.474 e. The van der Waals surface area contributed by atoms with Crippen molar-refractivity contribution in [2.24, 2.45) is 0 Å². The molecule has 19 heavy (non-hydrogen) atoms. The predicted molar refractivity (Wildman–Crippen MR) is 77.7 cm³/mol. The number of nitrogens with one attached hydrogen (secondary N) is 1. The Kier molecular flexibility index (Phi) is 5.08. The van der Waals surface area contributed by atoms with Gasteiger partial charge in [0.05, 0.1) is 11.1 Å². The highest BCUT2D eigenvalue weighted by molar-refractivity contribution is 6.32. The van der Waals surface area contributed by atoms with Gasteiger partial charge in [-0.05, 0) is 38.3 Å². The van der Waals surface area contributed by atoms with Crippen LogP contribution in [0.4, 0.5) is 0 Å². The molecule has 3 nitrogen and oxygen atoms in total. The highest BCUT2D eigenvalue weighted by atomic mass is 35.5. The lowest BCUT2D eigenvalue weighted by Crippen LogP contribution is -2.48. The highest BCUT2D eigenvalue weighted by Gasteiger charge is 2.24. The van der Waals surface area contributed by atoms with Gasteiger partial charge < -0.3 is 9.84 Å². The summed E-state index contributed by atoms with van der Waals surface area (Å²) < 4.78 is 5.87. The molecule has 2 N–H and O–H groups in total. The van der Waals surface area contributed by atoms with Crippen LogP contribution in [-0.4, -0.2) is 23.5 Å². The molecule has 0 amide bonds. The summed E-state index contributed by atoms with van der Waals surface area (Å²) in [6.45, 7) is 3.92. The van der Waals surface area contributed by atoms with E-state index in [1.165, 1.54) is 0 Å². The minimum atomic E-state index is -0.271. The van der Waals surface area contributed by atoms with Crippen molar-refractivity contribution < 1.29 is 9.84 Å². The molecule has 0 radical (unpaired) electrons. The van der Waals surface area contributed by atoms with Gasteiger partial charge in [-0.1, -0.05) is 36.6 Å². The Morgan fingerprint density at radius 2 is 2.11 bits per heavy atom. The minimum absolute atomic E-state index is 0.117. The molecule has 1 aromatic carbocycles. The zero-order chi connectivity index (χ0) is 13.8. The van der Waals surface area contributed by atoms with Gasteiger partial charge in [0.25, 0.3) is 0 Å². The van der Waals surface area contributed by atoms with E-state index < -0.39 is 0 Å². The van der Waals surface area contributed by atoms with Crippen LogP contribution in [0.3, 0.4) is 0 Å². The van der Waals surface area contributed by atoms with Crippen LogP contribution in [0, 0.1) is 6.92 Å². The van der Waals surface area contributed by atoms with Crippen molar-refractivity contribution in [1.29, 1.82) is 0 Å².